The predicted octanol–water partition coefficient (Wildman–Crippen LogP) is 4.66. The van der Waals surface area contributed by atoms with Gasteiger partial charge < -0.3 is 20.1 Å². The van der Waals surface area contributed by atoms with Crippen molar-refractivity contribution in [2.45, 2.75) is 32.7 Å². The smallest absolute Gasteiger partial charge is 0.255 e. The molecule has 6 nitrogen and oxygen atoms in total. The van der Waals surface area contributed by atoms with Crippen LogP contribution in [0.4, 0.5) is 5.69 Å². The average molecular weight is 445 g/mol. The van der Waals surface area contributed by atoms with Crippen molar-refractivity contribution in [2.24, 2.45) is 0 Å². The maximum atomic E-state index is 12.4. The van der Waals surface area contributed by atoms with Gasteiger partial charge >= 0.3 is 0 Å². The van der Waals surface area contributed by atoms with E-state index in [0.717, 1.165) is 34.6 Å². The number of carbonyl (C=O) groups is 2. The molecule has 4 rings (SSSR count). The highest BCUT2D eigenvalue weighted by molar-refractivity contribution is 6.04. The van der Waals surface area contributed by atoms with Crippen LogP contribution in [-0.2, 0) is 17.8 Å². The monoisotopic (exact) mass is 444 g/mol. The van der Waals surface area contributed by atoms with Crippen molar-refractivity contribution in [3.63, 3.8) is 0 Å². The quantitative estimate of drug-likeness (QED) is 0.556. The molecule has 0 saturated carbocycles. The summed E-state index contributed by atoms with van der Waals surface area (Å²) < 4.78 is 11.4. The molecular formula is C27H28N2O4. The third-order valence-electron chi connectivity index (χ3n) is 5.44. The van der Waals surface area contributed by atoms with Crippen molar-refractivity contribution in [3.05, 3.63) is 89.0 Å². The maximum Gasteiger partial charge on any atom is 0.255 e. The van der Waals surface area contributed by atoms with E-state index >= 15 is 0 Å². The summed E-state index contributed by atoms with van der Waals surface area (Å²) >= 11 is 0. The molecule has 170 valence electrons. The maximum absolute atomic E-state index is 12.4. The Kier molecular flexibility index (Phi) is 7.25. The van der Waals surface area contributed by atoms with Crippen LogP contribution >= 0.6 is 0 Å². The van der Waals surface area contributed by atoms with Crippen molar-refractivity contribution < 1.29 is 19.1 Å². The normalized spacial score (nSPS) is 12.5. The molecule has 0 atom stereocenters. The number of aryl methyl sites for hydroxylation is 2. The second-order valence-electron chi connectivity index (χ2n) is 8.13. The van der Waals surface area contributed by atoms with Crippen molar-refractivity contribution in [2.75, 3.05) is 18.5 Å². The number of benzene rings is 3. The molecule has 1 aliphatic heterocycles. The van der Waals surface area contributed by atoms with Crippen LogP contribution in [0.1, 0.15) is 39.9 Å². The fraction of sp³-hybridized carbons (Fsp3) is 0.259. The summed E-state index contributed by atoms with van der Waals surface area (Å²) in [6.45, 7) is 3.68. The summed E-state index contributed by atoms with van der Waals surface area (Å²) in [5, 5.41) is 5.86. The lowest BCUT2D eigenvalue weighted by molar-refractivity contribution is -0.121. The number of anilines is 1. The lowest BCUT2D eigenvalue weighted by Gasteiger charge is -2.10. The van der Waals surface area contributed by atoms with Gasteiger partial charge in [-0.3, -0.25) is 9.59 Å². The van der Waals surface area contributed by atoms with Crippen LogP contribution in [0.2, 0.25) is 0 Å². The van der Waals surface area contributed by atoms with E-state index in [4.69, 9.17) is 9.47 Å². The van der Waals surface area contributed by atoms with Crippen molar-refractivity contribution in [1.29, 1.82) is 0 Å². The molecule has 3 aromatic rings. The summed E-state index contributed by atoms with van der Waals surface area (Å²) in [6.07, 6.45) is 1.86. The minimum atomic E-state index is -0.161. The number of rotatable bonds is 7. The minimum Gasteiger partial charge on any atom is -0.490 e. The molecule has 0 aliphatic carbocycles. The Morgan fingerprint density at radius 1 is 0.879 bits per heavy atom. The van der Waals surface area contributed by atoms with Crippen LogP contribution in [0.15, 0.2) is 66.7 Å². The first kappa shape index (κ1) is 22.4. The summed E-state index contributed by atoms with van der Waals surface area (Å²) in [4.78, 5) is 24.8. The molecule has 0 aromatic heterocycles. The van der Waals surface area contributed by atoms with Gasteiger partial charge in [-0.2, -0.15) is 0 Å². The fourth-order valence-electron chi connectivity index (χ4n) is 3.58. The van der Waals surface area contributed by atoms with Crippen LogP contribution in [0.3, 0.4) is 0 Å². The molecule has 3 aromatic carbocycles. The zero-order chi connectivity index (χ0) is 23.0. The number of carbonyl (C=O) groups excluding carboxylic acids is 2. The van der Waals surface area contributed by atoms with E-state index in [9.17, 15) is 9.59 Å². The number of hydrogen-bond donors (Lipinski definition) is 2. The first-order chi connectivity index (χ1) is 16.1. The molecule has 0 bridgehead atoms. The van der Waals surface area contributed by atoms with Gasteiger partial charge in [0.15, 0.2) is 11.5 Å². The van der Waals surface area contributed by atoms with E-state index < -0.39 is 0 Å². The van der Waals surface area contributed by atoms with Gasteiger partial charge in [0.2, 0.25) is 5.91 Å². The molecule has 33 heavy (non-hydrogen) atoms. The van der Waals surface area contributed by atoms with Gasteiger partial charge in [0, 0.05) is 30.6 Å². The van der Waals surface area contributed by atoms with Gasteiger partial charge in [-0.25, -0.2) is 0 Å². The third-order valence-corrected chi connectivity index (χ3v) is 5.44. The van der Waals surface area contributed by atoms with E-state index in [1.165, 1.54) is 0 Å². The van der Waals surface area contributed by atoms with E-state index in [-0.39, 0.29) is 11.8 Å². The topological polar surface area (TPSA) is 76.7 Å². The van der Waals surface area contributed by atoms with Crippen LogP contribution in [0.25, 0.3) is 0 Å². The first-order valence-corrected chi connectivity index (χ1v) is 11.2. The fourth-order valence-corrected chi connectivity index (χ4v) is 3.58. The molecule has 1 heterocycles. The van der Waals surface area contributed by atoms with Gasteiger partial charge in [0.05, 0.1) is 13.2 Å². The van der Waals surface area contributed by atoms with Crippen LogP contribution in [-0.4, -0.2) is 25.0 Å². The Morgan fingerprint density at radius 3 is 2.48 bits per heavy atom. The molecule has 0 unspecified atom stereocenters. The molecule has 6 heteroatoms. The van der Waals surface area contributed by atoms with Gasteiger partial charge in [0.1, 0.15) is 0 Å². The molecule has 0 spiro atoms. The lowest BCUT2D eigenvalue weighted by Crippen LogP contribution is -2.23. The summed E-state index contributed by atoms with van der Waals surface area (Å²) in [6, 6.07) is 20.8. The Hall–Kier alpha value is -3.80. The van der Waals surface area contributed by atoms with Crippen molar-refractivity contribution in [3.8, 4) is 11.5 Å². The number of nitrogens with one attached hydrogen (secondary N) is 2. The highest BCUT2D eigenvalue weighted by Gasteiger charge is 2.12. The van der Waals surface area contributed by atoms with E-state index in [1.807, 2.05) is 61.5 Å². The standard InChI is InChI=1S/C27H28N2O4/c1-19-6-10-22(11-7-19)27(31)29-23-5-2-4-21(16-23)18-28-26(30)13-9-20-8-12-24-25(17-20)33-15-3-14-32-24/h2,4-8,10-12,16-17H,3,9,13-15,18H2,1H3,(H,28,30)(H,29,31). The lowest BCUT2D eigenvalue weighted by atomic mass is 10.1. The highest BCUT2D eigenvalue weighted by atomic mass is 16.5. The Labute approximate surface area is 193 Å². The summed E-state index contributed by atoms with van der Waals surface area (Å²) in [5.74, 6) is 1.31. The Morgan fingerprint density at radius 2 is 1.67 bits per heavy atom. The molecule has 1 aliphatic rings. The van der Waals surface area contributed by atoms with Crippen LogP contribution in [0, 0.1) is 6.92 Å². The van der Waals surface area contributed by atoms with Gasteiger partial charge in [-0.1, -0.05) is 35.9 Å². The molecule has 2 N–H and O–H groups in total. The Balaban J connectivity index is 1.27. The largest absolute Gasteiger partial charge is 0.490 e. The number of hydrogen-bond acceptors (Lipinski definition) is 4. The zero-order valence-electron chi connectivity index (χ0n) is 18.7. The summed E-state index contributed by atoms with van der Waals surface area (Å²) in [5.41, 5.74) is 4.36. The Bertz CT molecular complexity index is 1130. The number of fused-ring (bicyclic) bond motifs is 1. The summed E-state index contributed by atoms with van der Waals surface area (Å²) in [7, 11) is 0. The van der Waals surface area contributed by atoms with Crippen LogP contribution in [0.5, 0.6) is 11.5 Å². The van der Waals surface area contributed by atoms with E-state index in [2.05, 4.69) is 10.6 Å². The zero-order valence-corrected chi connectivity index (χ0v) is 18.7. The van der Waals surface area contributed by atoms with Gasteiger partial charge in [-0.05, 0) is 60.9 Å². The van der Waals surface area contributed by atoms with Crippen molar-refractivity contribution >= 4 is 17.5 Å². The SMILES string of the molecule is Cc1ccc(C(=O)Nc2cccc(CNC(=O)CCc3ccc4c(c3)OCCCO4)c2)cc1. The number of amides is 2. The van der Waals surface area contributed by atoms with Gasteiger partial charge in [0.25, 0.3) is 5.91 Å². The van der Waals surface area contributed by atoms with E-state index in [0.29, 0.717) is 43.9 Å². The average Bonchev–Trinajstić information content (AvgIpc) is 3.07. The molecule has 0 saturated heterocycles. The second-order valence-corrected chi connectivity index (χ2v) is 8.13. The molecular weight excluding hydrogens is 416 g/mol. The van der Waals surface area contributed by atoms with E-state index in [1.54, 1.807) is 12.1 Å². The first-order valence-electron chi connectivity index (χ1n) is 11.2. The van der Waals surface area contributed by atoms with Crippen molar-refractivity contribution in [1.82, 2.24) is 5.32 Å². The minimum absolute atomic E-state index is 0.0313. The van der Waals surface area contributed by atoms with Gasteiger partial charge in [-0.15, -0.1) is 0 Å². The highest BCUT2D eigenvalue weighted by Crippen LogP contribution is 2.30. The number of ether oxygens (including phenoxy) is 2. The van der Waals surface area contributed by atoms with Crippen LogP contribution < -0.4 is 20.1 Å². The molecule has 2 amide bonds. The third kappa shape index (κ3) is 6.35. The molecule has 0 radical (unpaired) electrons. The molecule has 0 fully saturated rings. The predicted molar refractivity (Wildman–Crippen MR) is 128 cm³/mol. The second kappa shape index (κ2) is 10.7.